The van der Waals surface area contributed by atoms with E-state index in [9.17, 15) is 9.90 Å². The SMILES string of the molecule is CC(C)NC(C(=O)O)c1ccc(OC(C)(C)C)cc1. The first-order valence-electron chi connectivity index (χ1n) is 6.47. The Morgan fingerprint density at radius 2 is 1.74 bits per heavy atom. The Hall–Kier alpha value is -1.55. The zero-order chi connectivity index (χ0) is 14.6. The summed E-state index contributed by atoms with van der Waals surface area (Å²) in [5.74, 6) is -0.136. The van der Waals surface area contributed by atoms with Crippen molar-refractivity contribution < 1.29 is 14.6 Å². The maximum Gasteiger partial charge on any atom is 0.325 e. The number of aliphatic carboxylic acids is 1. The van der Waals surface area contributed by atoms with E-state index in [1.54, 1.807) is 24.3 Å². The van der Waals surface area contributed by atoms with E-state index in [2.05, 4.69) is 5.32 Å². The van der Waals surface area contributed by atoms with Crippen molar-refractivity contribution in [1.82, 2.24) is 5.32 Å². The molecular formula is C15H23NO3. The third-order valence-electron chi connectivity index (χ3n) is 2.38. The van der Waals surface area contributed by atoms with Gasteiger partial charge in [0.25, 0.3) is 0 Å². The number of ether oxygens (including phenoxy) is 1. The van der Waals surface area contributed by atoms with Gasteiger partial charge in [0.1, 0.15) is 17.4 Å². The van der Waals surface area contributed by atoms with Crippen LogP contribution in [-0.4, -0.2) is 22.7 Å². The molecule has 4 nitrogen and oxygen atoms in total. The number of benzene rings is 1. The van der Waals surface area contributed by atoms with Crippen molar-refractivity contribution in [3.63, 3.8) is 0 Å². The monoisotopic (exact) mass is 265 g/mol. The van der Waals surface area contributed by atoms with E-state index in [-0.39, 0.29) is 11.6 Å². The summed E-state index contributed by atoms with van der Waals surface area (Å²) in [6, 6.07) is 6.59. The molecular weight excluding hydrogens is 242 g/mol. The topological polar surface area (TPSA) is 58.6 Å². The lowest BCUT2D eigenvalue weighted by atomic mass is 10.1. The van der Waals surface area contributed by atoms with Crippen LogP contribution in [0.3, 0.4) is 0 Å². The lowest BCUT2D eigenvalue weighted by Gasteiger charge is -2.22. The first-order valence-corrected chi connectivity index (χ1v) is 6.47. The Morgan fingerprint density at radius 3 is 2.11 bits per heavy atom. The maximum atomic E-state index is 11.3. The van der Waals surface area contributed by atoms with E-state index in [0.717, 1.165) is 11.3 Å². The van der Waals surface area contributed by atoms with Gasteiger partial charge in [-0.15, -0.1) is 0 Å². The van der Waals surface area contributed by atoms with Crippen LogP contribution in [0.5, 0.6) is 5.75 Å². The summed E-state index contributed by atoms with van der Waals surface area (Å²) in [7, 11) is 0. The Labute approximate surface area is 114 Å². The molecule has 0 heterocycles. The molecule has 0 bridgehead atoms. The molecule has 0 fully saturated rings. The molecule has 0 radical (unpaired) electrons. The number of hydrogen-bond donors (Lipinski definition) is 2. The molecule has 0 aliphatic rings. The summed E-state index contributed by atoms with van der Waals surface area (Å²) in [5, 5.41) is 12.3. The molecule has 1 atom stereocenters. The molecule has 106 valence electrons. The molecule has 1 rings (SSSR count). The Balaban J connectivity index is 2.86. The van der Waals surface area contributed by atoms with E-state index in [1.807, 2.05) is 34.6 Å². The molecule has 0 saturated carbocycles. The lowest BCUT2D eigenvalue weighted by molar-refractivity contribution is -0.139. The van der Waals surface area contributed by atoms with E-state index in [4.69, 9.17) is 4.74 Å². The van der Waals surface area contributed by atoms with Gasteiger partial charge in [0, 0.05) is 6.04 Å². The standard InChI is InChI=1S/C15H23NO3/c1-10(2)16-13(14(17)18)11-6-8-12(9-7-11)19-15(3,4)5/h6-10,13,16H,1-5H3,(H,17,18). The average molecular weight is 265 g/mol. The minimum atomic E-state index is -0.877. The molecule has 1 unspecified atom stereocenters. The second-order valence-electron chi connectivity index (χ2n) is 5.88. The summed E-state index contributed by atoms with van der Waals surface area (Å²) in [6.07, 6.45) is 0. The van der Waals surface area contributed by atoms with Crippen molar-refractivity contribution in [2.75, 3.05) is 0 Å². The third kappa shape index (κ3) is 5.30. The van der Waals surface area contributed by atoms with E-state index < -0.39 is 12.0 Å². The van der Waals surface area contributed by atoms with Gasteiger partial charge in [0.05, 0.1) is 0 Å². The molecule has 0 amide bonds. The number of hydrogen-bond acceptors (Lipinski definition) is 3. The fourth-order valence-corrected chi connectivity index (χ4v) is 1.73. The summed E-state index contributed by atoms with van der Waals surface area (Å²) in [5.41, 5.74) is 0.464. The van der Waals surface area contributed by atoms with Crippen molar-refractivity contribution >= 4 is 5.97 Å². The fraction of sp³-hybridized carbons (Fsp3) is 0.533. The molecule has 2 N–H and O–H groups in total. The van der Waals surface area contributed by atoms with Crippen molar-refractivity contribution in [3.05, 3.63) is 29.8 Å². The molecule has 0 aliphatic carbocycles. The van der Waals surface area contributed by atoms with Gasteiger partial charge < -0.3 is 9.84 Å². The van der Waals surface area contributed by atoms with Crippen LogP contribution < -0.4 is 10.1 Å². The second-order valence-corrected chi connectivity index (χ2v) is 5.88. The van der Waals surface area contributed by atoms with Crippen LogP contribution in [-0.2, 0) is 4.79 Å². The Kier molecular flexibility index (Phi) is 4.95. The number of carboxylic acids is 1. The zero-order valence-corrected chi connectivity index (χ0v) is 12.2. The van der Waals surface area contributed by atoms with Gasteiger partial charge >= 0.3 is 5.97 Å². The fourth-order valence-electron chi connectivity index (χ4n) is 1.73. The average Bonchev–Trinajstić information content (AvgIpc) is 2.24. The van der Waals surface area contributed by atoms with Crippen LogP contribution in [0.25, 0.3) is 0 Å². The summed E-state index contributed by atoms with van der Waals surface area (Å²) in [6.45, 7) is 9.77. The van der Waals surface area contributed by atoms with E-state index >= 15 is 0 Å². The van der Waals surface area contributed by atoms with Crippen molar-refractivity contribution in [3.8, 4) is 5.75 Å². The molecule has 0 aliphatic heterocycles. The summed E-state index contributed by atoms with van der Waals surface area (Å²) < 4.78 is 5.71. The number of rotatable bonds is 5. The second kappa shape index (κ2) is 6.06. The van der Waals surface area contributed by atoms with Crippen LogP contribution in [0.1, 0.15) is 46.2 Å². The molecule has 1 aromatic carbocycles. The van der Waals surface area contributed by atoms with Crippen LogP contribution in [0.4, 0.5) is 0 Å². The van der Waals surface area contributed by atoms with Crippen molar-refractivity contribution in [2.24, 2.45) is 0 Å². The molecule has 0 spiro atoms. The lowest BCUT2D eigenvalue weighted by Crippen LogP contribution is -2.33. The van der Waals surface area contributed by atoms with E-state index in [1.165, 1.54) is 0 Å². The quantitative estimate of drug-likeness (QED) is 0.859. The first-order chi connectivity index (χ1) is 8.69. The van der Waals surface area contributed by atoms with Gasteiger partial charge in [-0.05, 0) is 52.3 Å². The Bertz CT molecular complexity index is 418. The van der Waals surface area contributed by atoms with Gasteiger partial charge in [-0.3, -0.25) is 10.1 Å². The van der Waals surface area contributed by atoms with Crippen LogP contribution >= 0.6 is 0 Å². The highest BCUT2D eigenvalue weighted by molar-refractivity contribution is 5.75. The highest BCUT2D eigenvalue weighted by Gasteiger charge is 2.20. The van der Waals surface area contributed by atoms with Crippen molar-refractivity contribution in [2.45, 2.75) is 52.3 Å². The predicted molar refractivity (Wildman–Crippen MR) is 75.5 cm³/mol. The number of nitrogens with one attached hydrogen (secondary N) is 1. The smallest absolute Gasteiger partial charge is 0.325 e. The van der Waals surface area contributed by atoms with Crippen LogP contribution in [0.2, 0.25) is 0 Å². The highest BCUT2D eigenvalue weighted by Crippen LogP contribution is 2.22. The van der Waals surface area contributed by atoms with Gasteiger partial charge in [-0.2, -0.15) is 0 Å². The largest absolute Gasteiger partial charge is 0.488 e. The normalized spacial score (nSPS) is 13.4. The van der Waals surface area contributed by atoms with Gasteiger partial charge in [0.15, 0.2) is 0 Å². The van der Waals surface area contributed by atoms with Crippen molar-refractivity contribution in [1.29, 1.82) is 0 Å². The first kappa shape index (κ1) is 15.5. The van der Waals surface area contributed by atoms with E-state index in [0.29, 0.717) is 0 Å². The molecule has 4 heteroatoms. The highest BCUT2D eigenvalue weighted by atomic mass is 16.5. The van der Waals surface area contributed by atoms with Gasteiger partial charge in [-0.25, -0.2) is 0 Å². The number of carbonyl (C=O) groups is 1. The maximum absolute atomic E-state index is 11.3. The minimum Gasteiger partial charge on any atom is -0.488 e. The van der Waals surface area contributed by atoms with Crippen LogP contribution in [0, 0.1) is 0 Å². The molecule has 1 aromatic rings. The Morgan fingerprint density at radius 1 is 1.21 bits per heavy atom. The number of carboxylic acid groups (broad SMARTS) is 1. The van der Waals surface area contributed by atoms with Crippen LogP contribution in [0.15, 0.2) is 24.3 Å². The minimum absolute atomic E-state index is 0.103. The van der Waals surface area contributed by atoms with Gasteiger partial charge in [0.2, 0.25) is 0 Å². The molecule has 0 saturated heterocycles. The summed E-state index contributed by atoms with van der Waals surface area (Å²) in [4.78, 5) is 11.3. The molecule has 0 aromatic heterocycles. The zero-order valence-electron chi connectivity index (χ0n) is 12.2. The third-order valence-corrected chi connectivity index (χ3v) is 2.38. The molecule has 19 heavy (non-hydrogen) atoms. The van der Waals surface area contributed by atoms with Gasteiger partial charge in [-0.1, -0.05) is 12.1 Å². The predicted octanol–water partition coefficient (Wildman–Crippen LogP) is 2.99. The summed E-state index contributed by atoms with van der Waals surface area (Å²) >= 11 is 0.